The summed E-state index contributed by atoms with van der Waals surface area (Å²) in [6.07, 6.45) is 0. The molecule has 130 valence electrons. The van der Waals surface area contributed by atoms with Crippen LogP contribution in [0.1, 0.15) is 42.3 Å². The first-order valence-corrected chi connectivity index (χ1v) is 7.58. The van der Waals surface area contributed by atoms with Gasteiger partial charge in [0, 0.05) is 17.7 Å². The minimum Gasteiger partial charge on any atom is -0.380 e. The fraction of sp³-hybridized carbons (Fsp3) is 0.222. The lowest BCUT2D eigenvalue weighted by atomic mass is 9.87. The van der Waals surface area contributed by atoms with E-state index in [9.17, 15) is 14.9 Å². The highest BCUT2D eigenvalue weighted by atomic mass is 16.7. The molecule has 0 aromatic heterocycles. The van der Waals surface area contributed by atoms with Gasteiger partial charge in [0.2, 0.25) is 0 Å². The molecule has 2 aromatic carbocycles. The van der Waals surface area contributed by atoms with Gasteiger partial charge in [-0.3, -0.25) is 10.1 Å². The lowest BCUT2D eigenvalue weighted by molar-refractivity contribution is -0.384. The number of non-ortho nitro benzene ring substituents is 1. The maximum atomic E-state index is 12.0. The van der Waals surface area contributed by atoms with E-state index >= 15 is 0 Å². The van der Waals surface area contributed by atoms with Gasteiger partial charge in [-0.05, 0) is 23.1 Å². The molecule has 0 saturated heterocycles. The summed E-state index contributed by atoms with van der Waals surface area (Å²) in [5.41, 5.74) is 7.30. The molecule has 0 fully saturated rings. The SMILES string of the molecule is CC(C)(C)c1ccc(C(=O)ON=C(N)c2cccc([N+](=O)[O-])c2)cc1. The average molecular weight is 341 g/mol. The molecule has 0 amide bonds. The molecule has 0 aliphatic rings. The minimum atomic E-state index is -0.658. The van der Waals surface area contributed by atoms with E-state index in [0.29, 0.717) is 11.1 Å². The molecular weight excluding hydrogens is 322 g/mol. The molecule has 7 heteroatoms. The Kier molecular flexibility index (Phi) is 5.17. The average Bonchev–Trinajstić information content (AvgIpc) is 2.58. The van der Waals surface area contributed by atoms with E-state index < -0.39 is 10.9 Å². The molecule has 25 heavy (non-hydrogen) atoms. The fourth-order valence-corrected chi connectivity index (χ4v) is 2.08. The Hall–Kier alpha value is -3.22. The van der Waals surface area contributed by atoms with Crippen molar-refractivity contribution in [3.05, 3.63) is 75.3 Å². The Labute approximate surface area is 145 Å². The molecule has 2 aromatic rings. The standard InChI is InChI=1S/C18H19N3O4/c1-18(2,3)14-9-7-12(8-10-14)17(22)25-20-16(19)13-5-4-6-15(11-13)21(23)24/h4-11H,1-3H3,(H2,19,20). The molecule has 0 unspecified atom stereocenters. The highest BCUT2D eigenvalue weighted by molar-refractivity contribution is 5.98. The van der Waals surface area contributed by atoms with E-state index in [1.165, 1.54) is 24.3 Å². The van der Waals surface area contributed by atoms with Crippen molar-refractivity contribution in [2.45, 2.75) is 26.2 Å². The first-order valence-electron chi connectivity index (χ1n) is 7.58. The Morgan fingerprint density at radius 2 is 1.76 bits per heavy atom. The summed E-state index contributed by atoms with van der Waals surface area (Å²) in [6.45, 7) is 6.22. The highest BCUT2D eigenvalue weighted by Crippen LogP contribution is 2.22. The smallest absolute Gasteiger partial charge is 0.365 e. The van der Waals surface area contributed by atoms with E-state index in [4.69, 9.17) is 10.6 Å². The number of hydrogen-bond donors (Lipinski definition) is 1. The zero-order chi connectivity index (χ0) is 18.6. The Morgan fingerprint density at radius 3 is 2.32 bits per heavy atom. The summed E-state index contributed by atoms with van der Waals surface area (Å²) in [7, 11) is 0. The predicted octanol–water partition coefficient (Wildman–Crippen LogP) is 3.37. The third-order valence-electron chi connectivity index (χ3n) is 3.57. The molecule has 2 N–H and O–H groups in total. The van der Waals surface area contributed by atoms with Crippen molar-refractivity contribution in [2.24, 2.45) is 10.9 Å². The number of carbonyl (C=O) groups excluding carboxylic acids is 1. The zero-order valence-electron chi connectivity index (χ0n) is 14.2. The van der Waals surface area contributed by atoms with E-state index in [0.717, 1.165) is 5.56 Å². The van der Waals surface area contributed by atoms with Crippen LogP contribution in [0.5, 0.6) is 0 Å². The van der Waals surface area contributed by atoms with Gasteiger partial charge in [0.1, 0.15) is 0 Å². The van der Waals surface area contributed by atoms with E-state index in [2.05, 4.69) is 25.9 Å². The second kappa shape index (κ2) is 7.12. The molecule has 0 bridgehead atoms. The minimum absolute atomic E-state index is 0.0208. The van der Waals surface area contributed by atoms with Crippen LogP contribution in [0.4, 0.5) is 5.69 Å². The Bertz CT molecular complexity index is 821. The first kappa shape index (κ1) is 18.1. The zero-order valence-corrected chi connectivity index (χ0v) is 14.2. The van der Waals surface area contributed by atoms with Crippen molar-refractivity contribution in [1.29, 1.82) is 0 Å². The van der Waals surface area contributed by atoms with Gasteiger partial charge in [0.25, 0.3) is 5.69 Å². The third kappa shape index (κ3) is 4.63. The number of nitro benzene ring substituents is 1. The molecule has 2 rings (SSSR count). The summed E-state index contributed by atoms with van der Waals surface area (Å²) in [5, 5.41) is 14.3. The molecule has 7 nitrogen and oxygen atoms in total. The second-order valence-electron chi connectivity index (χ2n) is 6.49. The molecular formula is C18H19N3O4. The maximum Gasteiger partial charge on any atom is 0.365 e. The van der Waals surface area contributed by atoms with Crippen LogP contribution in [0.3, 0.4) is 0 Å². The van der Waals surface area contributed by atoms with Crippen LogP contribution in [0.25, 0.3) is 0 Å². The summed E-state index contributed by atoms with van der Waals surface area (Å²) in [5.74, 6) is -0.780. The molecule has 0 atom stereocenters. The highest BCUT2D eigenvalue weighted by Gasteiger charge is 2.15. The quantitative estimate of drug-likeness (QED) is 0.301. The number of hydrogen-bond acceptors (Lipinski definition) is 5. The van der Waals surface area contributed by atoms with Gasteiger partial charge < -0.3 is 10.6 Å². The predicted molar refractivity (Wildman–Crippen MR) is 94.4 cm³/mol. The van der Waals surface area contributed by atoms with Gasteiger partial charge in [0.05, 0.1) is 10.5 Å². The fourth-order valence-electron chi connectivity index (χ4n) is 2.08. The monoisotopic (exact) mass is 341 g/mol. The van der Waals surface area contributed by atoms with Gasteiger partial charge in [-0.2, -0.15) is 0 Å². The molecule has 0 saturated carbocycles. The van der Waals surface area contributed by atoms with Crippen LogP contribution in [0.2, 0.25) is 0 Å². The molecule has 0 spiro atoms. The topological polar surface area (TPSA) is 108 Å². The van der Waals surface area contributed by atoms with Gasteiger partial charge in [-0.15, -0.1) is 0 Å². The number of nitrogens with zero attached hydrogens (tertiary/aromatic N) is 2. The summed E-state index contributed by atoms with van der Waals surface area (Å²) in [6, 6.07) is 12.6. The first-order chi connectivity index (χ1) is 11.7. The van der Waals surface area contributed by atoms with Gasteiger partial charge in [0.15, 0.2) is 5.84 Å². The van der Waals surface area contributed by atoms with Crippen molar-refractivity contribution in [1.82, 2.24) is 0 Å². The van der Waals surface area contributed by atoms with E-state index in [1.807, 2.05) is 12.1 Å². The molecule has 0 aliphatic heterocycles. The lowest BCUT2D eigenvalue weighted by Gasteiger charge is -2.18. The molecule has 0 heterocycles. The number of rotatable bonds is 4. The van der Waals surface area contributed by atoms with Crippen LogP contribution in [-0.2, 0) is 10.3 Å². The van der Waals surface area contributed by atoms with Crippen LogP contribution < -0.4 is 5.73 Å². The van der Waals surface area contributed by atoms with Crippen LogP contribution >= 0.6 is 0 Å². The van der Waals surface area contributed by atoms with Gasteiger partial charge in [-0.25, -0.2) is 4.79 Å². The van der Waals surface area contributed by atoms with Crippen molar-refractivity contribution in [2.75, 3.05) is 0 Å². The molecule has 0 aliphatic carbocycles. The lowest BCUT2D eigenvalue weighted by Crippen LogP contribution is -2.15. The van der Waals surface area contributed by atoms with Crippen molar-refractivity contribution < 1.29 is 14.6 Å². The van der Waals surface area contributed by atoms with Crippen molar-refractivity contribution >= 4 is 17.5 Å². The van der Waals surface area contributed by atoms with Crippen LogP contribution in [0, 0.1) is 10.1 Å². The third-order valence-corrected chi connectivity index (χ3v) is 3.57. The molecule has 0 radical (unpaired) electrons. The number of nitrogens with two attached hydrogens (primary N) is 1. The number of amidine groups is 1. The summed E-state index contributed by atoms with van der Waals surface area (Å²) in [4.78, 5) is 27.1. The second-order valence-corrected chi connectivity index (χ2v) is 6.49. The van der Waals surface area contributed by atoms with Gasteiger partial charge >= 0.3 is 5.97 Å². The van der Waals surface area contributed by atoms with Crippen molar-refractivity contribution in [3.8, 4) is 0 Å². The number of carbonyl (C=O) groups is 1. The number of nitro groups is 1. The van der Waals surface area contributed by atoms with Crippen LogP contribution in [-0.4, -0.2) is 16.7 Å². The van der Waals surface area contributed by atoms with E-state index in [-0.39, 0.29) is 16.9 Å². The maximum absolute atomic E-state index is 12.0. The van der Waals surface area contributed by atoms with Crippen LogP contribution in [0.15, 0.2) is 53.7 Å². The number of benzene rings is 2. The largest absolute Gasteiger partial charge is 0.380 e. The Morgan fingerprint density at radius 1 is 1.12 bits per heavy atom. The number of oxime groups is 1. The normalized spacial score (nSPS) is 11.9. The van der Waals surface area contributed by atoms with Crippen molar-refractivity contribution in [3.63, 3.8) is 0 Å². The summed E-state index contributed by atoms with van der Waals surface area (Å²) < 4.78 is 0. The summed E-state index contributed by atoms with van der Waals surface area (Å²) >= 11 is 0. The van der Waals surface area contributed by atoms with E-state index in [1.54, 1.807) is 12.1 Å². The Balaban J connectivity index is 2.11. The van der Waals surface area contributed by atoms with Gasteiger partial charge in [-0.1, -0.05) is 50.2 Å².